The summed E-state index contributed by atoms with van der Waals surface area (Å²) in [7, 11) is 0. The summed E-state index contributed by atoms with van der Waals surface area (Å²) >= 11 is 0. The van der Waals surface area contributed by atoms with E-state index in [1.54, 1.807) is 0 Å². The van der Waals surface area contributed by atoms with Gasteiger partial charge in [-0.05, 0) is 0 Å². The summed E-state index contributed by atoms with van der Waals surface area (Å²) in [6.07, 6.45) is 0. The maximum absolute atomic E-state index is 5.01. The van der Waals surface area contributed by atoms with Gasteiger partial charge >= 0.3 is 0 Å². The van der Waals surface area contributed by atoms with E-state index in [2.05, 4.69) is 5.32 Å². The molecule has 0 aromatic heterocycles. The number of morpholine rings is 1. The van der Waals surface area contributed by atoms with Crippen molar-refractivity contribution in [3.05, 3.63) is 0 Å². The molecule has 1 rings (SSSR count). The molecule has 0 aliphatic carbocycles. The Balaban J connectivity index is 0.000000360. The summed E-state index contributed by atoms with van der Waals surface area (Å²) < 4.78 is 5.01. The molecule has 0 aromatic rings. The van der Waals surface area contributed by atoms with Crippen LogP contribution in [0.15, 0.2) is 0 Å². The maximum atomic E-state index is 5.01. The minimum absolute atomic E-state index is 0. The Kier molecular flexibility index (Phi) is 6.22. The molecule has 1 N–H and O–H groups in total. The molecule has 0 atom stereocenters. The van der Waals surface area contributed by atoms with Gasteiger partial charge < -0.3 is 10.1 Å². The SMILES string of the molecule is C1COCCN1.[Ca]. The van der Waals surface area contributed by atoms with Gasteiger partial charge in [0.05, 0.1) is 13.2 Å². The molecule has 0 spiro atoms. The van der Waals surface area contributed by atoms with Gasteiger partial charge in [-0.2, -0.15) is 0 Å². The van der Waals surface area contributed by atoms with Crippen molar-refractivity contribution < 1.29 is 4.74 Å². The van der Waals surface area contributed by atoms with Crippen molar-refractivity contribution in [1.29, 1.82) is 0 Å². The average molecular weight is 127 g/mol. The molecule has 1 heterocycles. The zero-order chi connectivity index (χ0) is 4.24. The molecule has 0 saturated carbocycles. The molecule has 1 aliphatic rings. The summed E-state index contributed by atoms with van der Waals surface area (Å²) in [5.74, 6) is 0. The first-order chi connectivity index (χ1) is 3.00. The summed E-state index contributed by atoms with van der Waals surface area (Å²) in [5.41, 5.74) is 0. The van der Waals surface area contributed by atoms with Crippen LogP contribution in [0.3, 0.4) is 0 Å². The molecule has 0 unspecified atom stereocenters. The second-order valence-corrected chi connectivity index (χ2v) is 1.36. The quantitative estimate of drug-likeness (QED) is 0.431. The Labute approximate surface area is 73.6 Å². The van der Waals surface area contributed by atoms with Crippen LogP contribution in [0.1, 0.15) is 0 Å². The summed E-state index contributed by atoms with van der Waals surface area (Å²) in [4.78, 5) is 0. The molecule has 2 radical (unpaired) electrons. The second kappa shape index (κ2) is 5.32. The van der Waals surface area contributed by atoms with Crippen molar-refractivity contribution >= 4 is 37.7 Å². The zero-order valence-electron chi connectivity index (χ0n) is 4.44. The number of rotatable bonds is 0. The first-order valence-electron chi connectivity index (χ1n) is 2.28. The van der Waals surface area contributed by atoms with Crippen LogP contribution in [-0.2, 0) is 4.74 Å². The van der Waals surface area contributed by atoms with E-state index in [4.69, 9.17) is 4.74 Å². The van der Waals surface area contributed by atoms with Gasteiger partial charge in [-0.25, -0.2) is 0 Å². The molecule has 3 heteroatoms. The van der Waals surface area contributed by atoms with E-state index < -0.39 is 0 Å². The van der Waals surface area contributed by atoms with Crippen LogP contribution in [0.4, 0.5) is 0 Å². The van der Waals surface area contributed by atoms with Crippen LogP contribution in [0.5, 0.6) is 0 Å². The Bertz CT molecular complexity index is 27.2. The Morgan fingerprint density at radius 3 is 1.86 bits per heavy atom. The normalized spacial score (nSPS) is 20.6. The monoisotopic (exact) mass is 127 g/mol. The smallest absolute Gasteiger partial charge is 0.0591 e. The van der Waals surface area contributed by atoms with Crippen molar-refractivity contribution in [1.82, 2.24) is 5.32 Å². The van der Waals surface area contributed by atoms with Crippen molar-refractivity contribution in [3.8, 4) is 0 Å². The summed E-state index contributed by atoms with van der Waals surface area (Å²) in [6, 6.07) is 0. The number of hydrogen-bond donors (Lipinski definition) is 1. The van der Waals surface area contributed by atoms with E-state index in [1.165, 1.54) is 0 Å². The number of ether oxygens (including phenoxy) is 1. The van der Waals surface area contributed by atoms with Gasteiger partial charge in [-0.3, -0.25) is 0 Å². The second-order valence-electron chi connectivity index (χ2n) is 1.36. The first kappa shape index (κ1) is 8.18. The largest absolute Gasteiger partial charge is 0.379 e. The average Bonchev–Trinajstić information content (AvgIpc) is 1.72. The van der Waals surface area contributed by atoms with E-state index >= 15 is 0 Å². The molecular weight excluding hydrogens is 118 g/mol. The van der Waals surface area contributed by atoms with Gasteiger partial charge in [0.1, 0.15) is 0 Å². The van der Waals surface area contributed by atoms with Gasteiger partial charge in [-0.15, -0.1) is 0 Å². The third kappa shape index (κ3) is 3.74. The third-order valence-corrected chi connectivity index (χ3v) is 0.846. The molecule has 1 saturated heterocycles. The van der Waals surface area contributed by atoms with Crippen LogP contribution >= 0.6 is 0 Å². The van der Waals surface area contributed by atoms with E-state index in [0.29, 0.717) is 0 Å². The van der Waals surface area contributed by atoms with Crippen LogP contribution in [0, 0.1) is 0 Å². The summed E-state index contributed by atoms with van der Waals surface area (Å²) in [5, 5.41) is 3.16. The summed E-state index contributed by atoms with van der Waals surface area (Å²) in [6.45, 7) is 3.83. The fraction of sp³-hybridized carbons (Fsp3) is 1.00. The van der Waals surface area contributed by atoms with Crippen molar-refractivity contribution in [3.63, 3.8) is 0 Å². The maximum Gasteiger partial charge on any atom is 0.0591 e. The van der Waals surface area contributed by atoms with Gasteiger partial charge in [0.25, 0.3) is 0 Å². The van der Waals surface area contributed by atoms with Crippen molar-refractivity contribution in [2.75, 3.05) is 26.3 Å². The fourth-order valence-corrected chi connectivity index (χ4v) is 0.516. The van der Waals surface area contributed by atoms with E-state index in [-0.39, 0.29) is 37.7 Å². The zero-order valence-corrected chi connectivity index (χ0v) is 6.65. The molecular formula is C4H9CaNO. The van der Waals surface area contributed by atoms with Gasteiger partial charge in [0.2, 0.25) is 0 Å². The first-order valence-corrected chi connectivity index (χ1v) is 2.28. The molecule has 0 aromatic carbocycles. The predicted molar refractivity (Wildman–Crippen MR) is 29.4 cm³/mol. The van der Waals surface area contributed by atoms with E-state index in [0.717, 1.165) is 26.3 Å². The van der Waals surface area contributed by atoms with Crippen LogP contribution < -0.4 is 5.32 Å². The molecule has 2 nitrogen and oxygen atoms in total. The standard InChI is InChI=1S/C4H9NO.Ca/c1-3-6-4-2-5-1;/h5H,1-4H2;. The van der Waals surface area contributed by atoms with Crippen molar-refractivity contribution in [2.45, 2.75) is 0 Å². The Morgan fingerprint density at radius 2 is 1.71 bits per heavy atom. The van der Waals surface area contributed by atoms with Gasteiger partial charge in [0, 0.05) is 50.8 Å². The van der Waals surface area contributed by atoms with Gasteiger partial charge in [-0.1, -0.05) is 0 Å². The third-order valence-electron chi connectivity index (χ3n) is 0.846. The number of nitrogens with one attached hydrogen (secondary N) is 1. The fourth-order valence-electron chi connectivity index (χ4n) is 0.516. The topological polar surface area (TPSA) is 21.3 Å². The molecule has 1 fully saturated rings. The van der Waals surface area contributed by atoms with Crippen molar-refractivity contribution in [2.24, 2.45) is 0 Å². The molecule has 7 heavy (non-hydrogen) atoms. The van der Waals surface area contributed by atoms with Crippen LogP contribution in [-0.4, -0.2) is 64.0 Å². The Morgan fingerprint density at radius 1 is 1.14 bits per heavy atom. The van der Waals surface area contributed by atoms with Crippen LogP contribution in [0.25, 0.3) is 0 Å². The molecule has 38 valence electrons. The molecule has 1 aliphatic heterocycles. The van der Waals surface area contributed by atoms with E-state index in [1.807, 2.05) is 0 Å². The predicted octanol–water partition coefficient (Wildman–Crippen LogP) is -0.775. The minimum Gasteiger partial charge on any atom is -0.379 e. The molecule has 0 bridgehead atoms. The minimum atomic E-state index is 0. The molecule has 0 amide bonds. The van der Waals surface area contributed by atoms with E-state index in [9.17, 15) is 0 Å². The van der Waals surface area contributed by atoms with Crippen LogP contribution in [0.2, 0.25) is 0 Å². The number of hydrogen-bond acceptors (Lipinski definition) is 2. The Hall–Kier alpha value is 1.18. The van der Waals surface area contributed by atoms with Gasteiger partial charge in [0.15, 0.2) is 0 Å².